The zero-order chi connectivity index (χ0) is 23.9. The average molecular weight is 467 g/mol. The van der Waals surface area contributed by atoms with Crippen LogP contribution < -0.4 is 4.74 Å². The highest BCUT2D eigenvalue weighted by molar-refractivity contribution is 5.89. The van der Waals surface area contributed by atoms with Gasteiger partial charge >= 0.3 is 0 Å². The van der Waals surface area contributed by atoms with Crippen LogP contribution in [-0.4, -0.2) is 85.0 Å². The topological polar surface area (TPSA) is 75.2 Å². The summed E-state index contributed by atoms with van der Waals surface area (Å²) in [6.07, 6.45) is 3.00. The molecule has 0 bridgehead atoms. The summed E-state index contributed by atoms with van der Waals surface area (Å²) in [7, 11) is 3.72. The maximum Gasteiger partial charge on any atom is 0.228 e. The molecule has 1 saturated heterocycles. The molecular weight excluding hydrogens is 432 g/mol. The van der Waals surface area contributed by atoms with Crippen LogP contribution in [0.3, 0.4) is 0 Å². The van der Waals surface area contributed by atoms with Gasteiger partial charge in [0.25, 0.3) is 0 Å². The maximum absolute atomic E-state index is 13.3. The van der Waals surface area contributed by atoms with Crippen LogP contribution in [0.15, 0.2) is 42.6 Å². The summed E-state index contributed by atoms with van der Waals surface area (Å²) in [4.78, 5) is 35.8. The van der Waals surface area contributed by atoms with Gasteiger partial charge in [-0.15, -0.1) is 0 Å². The summed E-state index contributed by atoms with van der Waals surface area (Å²) in [5, 5.41) is 0. The molecule has 0 saturated carbocycles. The van der Waals surface area contributed by atoms with E-state index in [1.54, 1.807) is 12.0 Å². The van der Waals surface area contributed by atoms with Crippen LogP contribution in [0.1, 0.15) is 23.2 Å². The fourth-order valence-corrected chi connectivity index (χ4v) is 4.59. The molecule has 34 heavy (non-hydrogen) atoms. The number of methoxy groups -OCH3 is 1. The lowest BCUT2D eigenvalue weighted by molar-refractivity contribution is -0.136. The Hall–Kier alpha value is -2.97. The third-order valence-corrected chi connectivity index (χ3v) is 6.47. The minimum absolute atomic E-state index is 0.0258. The highest BCUT2D eigenvalue weighted by atomic mass is 16.5. The zero-order valence-corrected chi connectivity index (χ0v) is 20.1. The van der Waals surface area contributed by atoms with Gasteiger partial charge in [-0.3, -0.25) is 14.6 Å². The summed E-state index contributed by atoms with van der Waals surface area (Å²) in [6.45, 7) is 4.67. The first-order valence-corrected chi connectivity index (χ1v) is 11.9. The monoisotopic (exact) mass is 466 g/mol. The largest absolute Gasteiger partial charge is 0.491 e. The van der Waals surface area contributed by atoms with E-state index in [1.807, 2.05) is 35.4 Å². The van der Waals surface area contributed by atoms with Crippen LogP contribution in [0.5, 0.6) is 5.75 Å². The molecule has 2 aliphatic heterocycles. The number of benzene rings is 1. The second kappa shape index (κ2) is 11.4. The number of likely N-dealkylation sites (N-methyl/N-ethyl adjacent to an activating group) is 1. The lowest BCUT2D eigenvalue weighted by atomic mass is 10.1. The van der Waals surface area contributed by atoms with E-state index in [1.165, 1.54) is 5.56 Å². The molecule has 1 atom stereocenters. The van der Waals surface area contributed by atoms with Gasteiger partial charge in [-0.25, -0.2) is 0 Å². The van der Waals surface area contributed by atoms with Crippen LogP contribution in [0.4, 0.5) is 0 Å². The molecule has 2 amide bonds. The van der Waals surface area contributed by atoms with Crippen LogP contribution in [0.25, 0.3) is 0 Å². The van der Waals surface area contributed by atoms with E-state index in [0.29, 0.717) is 39.4 Å². The molecule has 8 heteroatoms. The van der Waals surface area contributed by atoms with Crippen LogP contribution in [-0.2, 0) is 33.8 Å². The summed E-state index contributed by atoms with van der Waals surface area (Å²) >= 11 is 0. The minimum atomic E-state index is -0.299. The molecule has 8 nitrogen and oxygen atoms in total. The molecule has 1 aromatic heterocycles. The highest BCUT2D eigenvalue weighted by Gasteiger charge is 2.36. The van der Waals surface area contributed by atoms with E-state index in [-0.39, 0.29) is 24.2 Å². The molecule has 1 aromatic carbocycles. The molecule has 2 aliphatic rings. The fraction of sp³-hybridized carbons (Fsp3) is 0.500. The number of carbonyl (C=O) groups is 2. The number of likely N-dealkylation sites (tertiary alicyclic amines) is 1. The molecule has 4 rings (SSSR count). The van der Waals surface area contributed by atoms with Gasteiger partial charge in [0, 0.05) is 70.1 Å². The normalized spacial score (nSPS) is 18.1. The Balaban J connectivity index is 1.36. The van der Waals surface area contributed by atoms with Gasteiger partial charge in [0.2, 0.25) is 11.8 Å². The third kappa shape index (κ3) is 6.12. The lowest BCUT2D eigenvalue weighted by Gasteiger charge is -2.24. The number of nitrogens with zero attached hydrogens (tertiary/aromatic N) is 4. The van der Waals surface area contributed by atoms with Crippen molar-refractivity contribution in [3.05, 3.63) is 59.4 Å². The van der Waals surface area contributed by atoms with Crippen molar-refractivity contribution in [1.82, 2.24) is 19.7 Å². The van der Waals surface area contributed by atoms with Crippen molar-refractivity contribution in [3.8, 4) is 5.75 Å². The van der Waals surface area contributed by atoms with E-state index < -0.39 is 0 Å². The van der Waals surface area contributed by atoms with Gasteiger partial charge in [0.1, 0.15) is 12.4 Å². The van der Waals surface area contributed by atoms with Crippen molar-refractivity contribution in [2.75, 3.05) is 53.6 Å². The van der Waals surface area contributed by atoms with E-state index in [0.717, 1.165) is 36.5 Å². The Morgan fingerprint density at radius 1 is 1.29 bits per heavy atom. The molecule has 182 valence electrons. The standard InChI is InChI=1S/C26H34N4O4/c1-28(10-8-23-5-3-4-9-27-23)17-20-6-7-24-21(15-20)18-30(12-14-34-24)26(32)22-16-25(31)29(19-22)11-13-33-2/h3-7,9,15,22H,8,10-14,16-19H2,1-2H3/t22-/m1/s1. The number of hydrogen-bond donors (Lipinski definition) is 0. The van der Waals surface area contributed by atoms with Crippen LogP contribution in [0, 0.1) is 5.92 Å². The smallest absolute Gasteiger partial charge is 0.228 e. The van der Waals surface area contributed by atoms with Gasteiger partial charge in [0.15, 0.2) is 0 Å². The van der Waals surface area contributed by atoms with E-state index >= 15 is 0 Å². The van der Waals surface area contributed by atoms with Crippen molar-refractivity contribution >= 4 is 11.8 Å². The Kier molecular flexibility index (Phi) is 8.13. The second-order valence-corrected chi connectivity index (χ2v) is 9.09. The predicted molar refractivity (Wildman–Crippen MR) is 128 cm³/mol. The maximum atomic E-state index is 13.3. The first-order chi connectivity index (χ1) is 16.5. The summed E-state index contributed by atoms with van der Waals surface area (Å²) in [5.41, 5.74) is 3.29. The first-order valence-electron chi connectivity index (χ1n) is 11.9. The Labute approximate surface area is 201 Å². The molecule has 1 fully saturated rings. The molecular formula is C26H34N4O4. The van der Waals surface area contributed by atoms with Gasteiger partial charge in [0.05, 0.1) is 19.1 Å². The zero-order valence-electron chi connectivity index (χ0n) is 20.1. The number of ether oxygens (including phenoxy) is 2. The number of fused-ring (bicyclic) bond motifs is 1. The quantitative estimate of drug-likeness (QED) is 0.563. The molecule has 0 unspecified atom stereocenters. The van der Waals surface area contributed by atoms with Crippen molar-refractivity contribution in [1.29, 1.82) is 0 Å². The SMILES string of the molecule is COCCN1C[C@H](C(=O)N2CCOc3ccc(CN(C)CCc4ccccn4)cc3C2)CC1=O. The fourth-order valence-electron chi connectivity index (χ4n) is 4.59. The van der Waals surface area contributed by atoms with Crippen molar-refractivity contribution in [2.24, 2.45) is 5.92 Å². The lowest BCUT2D eigenvalue weighted by Crippen LogP contribution is -2.38. The van der Waals surface area contributed by atoms with Crippen molar-refractivity contribution < 1.29 is 19.1 Å². The molecule has 2 aromatic rings. The van der Waals surface area contributed by atoms with Crippen molar-refractivity contribution in [2.45, 2.75) is 25.9 Å². The molecule has 0 spiro atoms. The Morgan fingerprint density at radius 2 is 2.18 bits per heavy atom. The van der Waals surface area contributed by atoms with Gasteiger partial charge in [-0.05, 0) is 36.9 Å². The third-order valence-electron chi connectivity index (χ3n) is 6.47. The van der Waals surface area contributed by atoms with Gasteiger partial charge in [-0.2, -0.15) is 0 Å². The minimum Gasteiger partial charge on any atom is -0.491 e. The molecule has 0 radical (unpaired) electrons. The number of hydrogen-bond acceptors (Lipinski definition) is 6. The van der Waals surface area contributed by atoms with E-state index in [9.17, 15) is 9.59 Å². The van der Waals surface area contributed by atoms with Gasteiger partial charge < -0.3 is 24.2 Å². The van der Waals surface area contributed by atoms with Crippen molar-refractivity contribution in [3.63, 3.8) is 0 Å². The highest BCUT2D eigenvalue weighted by Crippen LogP contribution is 2.27. The Bertz CT molecular complexity index is 984. The predicted octanol–water partition coefficient (Wildman–Crippen LogP) is 1.97. The van der Waals surface area contributed by atoms with Gasteiger partial charge in [-0.1, -0.05) is 12.1 Å². The number of aromatic nitrogens is 1. The first kappa shape index (κ1) is 24.2. The van der Waals surface area contributed by atoms with E-state index in [4.69, 9.17) is 9.47 Å². The second-order valence-electron chi connectivity index (χ2n) is 9.09. The Morgan fingerprint density at radius 3 is 2.97 bits per heavy atom. The number of rotatable bonds is 9. The number of carbonyl (C=O) groups excluding carboxylic acids is 2. The van der Waals surface area contributed by atoms with Crippen LogP contribution in [0.2, 0.25) is 0 Å². The molecule has 3 heterocycles. The summed E-state index contributed by atoms with van der Waals surface area (Å²) in [5.74, 6) is 0.590. The summed E-state index contributed by atoms with van der Waals surface area (Å²) < 4.78 is 11.0. The molecule has 0 aliphatic carbocycles. The summed E-state index contributed by atoms with van der Waals surface area (Å²) in [6, 6.07) is 12.2. The average Bonchev–Trinajstić information content (AvgIpc) is 3.08. The molecule has 0 N–H and O–H groups in total. The number of amides is 2. The van der Waals surface area contributed by atoms with Crippen LogP contribution >= 0.6 is 0 Å². The number of pyridine rings is 1. The van der Waals surface area contributed by atoms with E-state index in [2.05, 4.69) is 29.1 Å².